The summed E-state index contributed by atoms with van der Waals surface area (Å²) in [5, 5.41) is 3.60. The van der Waals surface area contributed by atoms with E-state index in [9.17, 15) is 9.59 Å². The molecule has 2 saturated heterocycles. The van der Waals surface area contributed by atoms with Crippen LogP contribution in [0.1, 0.15) is 11.3 Å². The van der Waals surface area contributed by atoms with Crippen molar-refractivity contribution in [2.45, 2.75) is 24.8 Å². The molecule has 1 aromatic heterocycles. The quantitative estimate of drug-likeness (QED) is 0.785. The third kappa shape index (κ3) is 2.75. The Morgan fingerprint density at radius 1 is 1.29 bits per heavy atom. The van der Waals surface area contributed by atoms with Crippen LogP contribution in [-0.4, -0.2) is 35.0 Å². The van der Waals surface area contributed by atoms with E-state index in [4.69, 9.17) is 20.8 Å². The summed E-state index contributed by atoms with van der Waals surface area (Å²) in [4.78, 5) is 27.8. The predicted molar refractivity (Wildman–Crippen MR) is 101 cm³/mol. The number of carbonyl (C=O) groups is 2. The number of furan rings is 1. The Labute approximate surface area is 167 Å². The lowest BCUT2D eigenvalue weighted by Gasteiger charge is -2.23. The van der Waals surface area contributed by atoms with Crippen LogP contribution in [0, 0.1) is 11.8 Å². The molecule has 2 fully saturated rings. The molecule has 0 aliphatic carbocycles. The molecule has 1 aromatic carbocycles. The smallest absolute Gasteiger partial charge is 0.230 e. The molecule has 7 heteroatoms. The number of rotatable bonds is 5. The summed E-state index contributed by atoms with van der Waals surface area (Å²) < 4.78 is 11.5. The number of likely N-dealkylation sites (tertiary alicyclic amines) is 1. The van der Waals surface area contributed by atoms with Gasteiger partial charge in [0.05, 0.1) is 37.3 Å². The van der Waals surface area contributed by atoms with Crippen LogP contribution in [0.3, 0.4) is 0 Å². The molecule has 4 heterocycles. The van der Waals surface area contributed by atoms with Crippen molar-refractivity contribution in [3.05, 3.63) is 71.2 Å². The van der Waals surface area contributed by atoms with Crippen molar-refractivity contribution in [2.75, 3.05) is 6.54 Å². The molecule has 2 bridgehead atoms. The topological polar surface area (TPSA) is 71.8 Å². The lowest BCUT2D eigenvalue weighted by Crippen LogP contribution is -2.43. The molecular formula is C21H19ClN2O4. The molecule has 3 aliphatic rings. The zero-order chi connectivity index (χ0) is 19.3. The Bertz CT molecular complexity index is 940. The van der Waals surface area contributed by atoms with Crippen LogP contribution in [0.25, 0.3) is 0 Å². The van der Waals surface area contributed by atoms with E-state index in [-0.39, 0.29) is 17.9 Å². The van der Waals surface area contributed by atoms with E-state index < -0.39 is 17.4 Å². The highest BCUT2D eigenvalue weighted by molar-refractivity contribution is 6.30. The maximum Gasteiger partial charge on any atom is 0.230 e. The Balaban J connectivity index is 1.32. The molecule has 0 unspecified atom stereocenters. The number of hydrogen-bond acceptors (Lipinski definition) is 4. The molecule has 1 N–H and O–H groups in total. The largest absolute Gasteiger partial charge is 0.467 e. The fraction of sp³-hybridized carbons (Fsp3) is 0.333. The zero-order valence-electron chi connectivity index (χ0n) is 15.0. The highest BCUT2D eigenvalue weighted by Gasteiger charge is 2.66. The van der Waals surface area contributed by atoms with Crippen molar-refractivity contribution < 1.29 is 18.7 Å². The van der Waals surface area contributed by atoms with E-state index in [1.165, 1.54) is 0 Å². The summed E-state index contributed by atoms with van der Waals surface area (Å²) in [7, 11) is 0. The molecule has 0 radical (unpaired) electrons. The normalized spacial score (nSPS) is 30.1. The number of nitrogens with one attached hydrogen (secondary N) is 1. The summed E-state index contributed by atoms with van der Waals surface area (Å²) in [5.74, 6) is -0.527. The molecule has 2 aromatic rings. The molecule has 144 valence electrons. The second-order valence-corrected chi connectivity index (χ2v) is 7.95. The van der Waals surface area contributed by atoms with E-state index in [2.05, 4.69) is 5.32 Å². The second-order valence-electron chi connectivity index (χ2n) is 7.52. The summed E-state index contributed by atoms with van der Waals surface area (Å²) in [6.45, 7) is 1.20. The first-order chi connectivity index (χ1) is 13.6. The SMILES string of the molecule is O=C(NCc1ccc(Cl)cc1)[C@@H]1[C@H]2C(=O)N(Cc3ccco3)C[C@@]23C=C[C@H]1O3. The van der Waals surface area contributed by atoms with Crippen molar-refractivity contribution in [3.63, 3.8) is 0 Å². The number of hydrogen-bond donors (Lipinski definition) is 1. The van der Waals surface area contributed by atoms with E-state index in [1.54, 1.807) is 29.4 Å². The van der Waals surface area contributed by atoms with Crippen molar-refractivity contribution >= 4 is 23.4 Å². The van der Waals surface area contributed by atoms with Gasteiger partial charge in [-0.1, -0.05) is 35.9 Å². The molecule has 1 spiro atoms. The maximum atomic E-state index is 13.1. The molecule has 28 heavy (non-hydrogen) atoms. The Morgan fingerprint density at radius 2 is 2.11 bits per heavy atom. The van der Waals surface area contributed by atoms with E-state index in [0.29, 0.717) is 30.4 Å². The minimum absolute atomic E-state index is 0.0603. The molecule has 4 atom stereocenters. The summed E-state index contributed by atoms with van der Waals surface area (Å²) >= 11 is 5.90. The van der Waals surface area contributed by atoms with Gasteiger partial charge in [-0.3, -0.25) is 9.59 Å². The van der Waals surface area contributed by atoms with Crippen LogP contribution >= 0.6 is 11.6 Å². The van der Waals surface area contributed by atoms with Gasteiger partial charge in [0.15, 0.2) is 0 Å². The molecule has 5 rings (SSSR count). The van der Waals surface area contributed by atoms with Gasteiger partial charge in [-0.2, -0.15) is 0 Å². The number of carbonyl (C=O) groups excluding carboxylic acids is 2. The van der Waals surface area contributed by atoms with Crippen LogP contribution in [0.15, 0.2) is 59.2 Å². The average molecular weight is 399 g/mol. The predicted octanol–water partition coefficient (Wildman–Crippen LogP) is 2.53. The number of fused-ring (bicyclic) bond motifs is 1. The van der Waals surface area contributed by atoms with Crippen molar-refractivity contribution in [1.82, 2.24) is 10.2 Å². The molecule has 3 aliphatic heterocycles. The first kappa shape index (κ1) is 17.5. The first-order valence-electron chi connectivity index (χ1n) is 9.26. The number of amides is 2. The monoisotopic (exact) mass is 398 g/mol. The third-order valence-electron chi connectivity index (χ3n) is 5.79. The molecule has 2 amide bonds. The van der Waals surface area contributed by atoms with Gasteiger partial charge >= 0.3 is 0 Å². The number of benzene rings is 1. The third-order valence-corrected chi connectivity index (χ3v) is 6.04. The van der Waals surface area contributed by atoms with E-state index >= 15 is 0 Å². The van der Waals surface area contributed by atoms with Crippen molar-refractivity contribution in [1.29, 1.82) is 0 Å². The van der Waals surface area contributed by atoms with Gasteiger partial charge in [-0.25, -0.2) is 0 Å². The first-order valence-corrected chi connectivity index (χ1v) is 9.64. The minimum atomic E-state index is -0.712. The van der Waals surface area contributed by atoms with Gasteiger partial charge in [0, 0.05) is 11.6 Å². The second kappa shape index (κ2) is 6.50. The van der Waals surface area contributed by atoms with Gasteiger partial charge in [-0.15, -0.1) is 0 Å². The van der Waals surface area contributed by atoms with Crippen LogP contribution < -0.4 is 5.32 Å². The number of nitrogens with zero attached hydrogens (tertiary/aromatic N) is 1. The Morgan fingerprint density at radius 3 is 2.86 bits per heavy atom. The summed E-state index contributed by atoms with van der Waals surface area (Å²) in [5.41, 5.74) is 0.237. The van der Waals surface area contributed by atoms with Crippen LogP contribution in [0.5, 0.6) is 0 Å². The lowest BCUT2D eigenvalue weighted by molar-refractivity contribution is -0.138. The van der Waals surface area contributed by atoms with Crippen molar-refractivity contribution in [3.8, 4) is 0 Å². The van der Waals surface area contributed by atoms with Gasteiger partial charge in [-0.05, 0) is 29.8 Å². The fourth-order valence-corrected chi connectivity index (χ4v) is 4.64. The highest BCUT2D eigenvalue weighted by Crippen LogP contribution is 2.52. The van der Waals surface area contributed by atoms with Gasteiger partial charge in [0.25, 0.3) is 0 Å². The standard InChI is InChI=1S/C21H19ClN2O4/c22-14-5-3-13(4-6-14)10-23-19(25)17-16-7-8-21(28-16)12-24(20(26)18(17)21)11-15-2-1-9-27-15/h1-9,16-18H,10-12H2,(H,23,25)/t16-,17+,18+,21+/m1/s1. The van der Waals surface area contributed by atoms with Crippen LogP contribution in [-0.2, 0) is 27.4 Å². The van der Waals surface area contributed by atoms with E-state index in [1.807, 2.05) is 30.4 Å². The summed E-state index contributed by atoms with van der Waals surface area (Å²) in [6, 6.07) is 10.9. The van der Waals surface area contributed by atoms with Crippen molar-refractivity contribution in [2.24, 2.45) is 11.8 Å². The van der Waals surface area contributed by atoms with Gasteiger partial charge in [0.1, 0.15) is 11.4 Å². The van der Waals surface area contributed by atoms with Gasteiger partial charge in [0.2, 0.25) is 11.8 Å². The lowest BCUT2D eigenvalue weighted by atomic mass is 9.77. The minimum Gasteiger partial charge on any atom is -0.467 e. The average Bonchev–Trinajstić information content (AvgIpc) is 3.45. The molecular weight excluding hydrogens is 380 g/mol. The highest BCUT2D eigenvalue weighted by atomic mass is 35.5. The van der Waals surface area contributed by atoms with Gasteiger partial charge < -0.3 is 19.4 Å². The zero-order valence-corrected chi connectivity index (χ0v) is 15.8. The number of halogens is 1. The fourth-order valence-electron chi connectivity index (χ4n) is 4.51. The Kier molecular flexibility index (Phi) is 4.07. The summed E-state index contributed by atoms with van der Waals surface area (Å²) in [6.07, 6.45) is 5.09. The van der Waals surface area contributed by atoms with Crippen LogP contribution in [0.4, 0.5) is 0 Å². The Hall–Kier alpha value is -2.57. The van der Waals surface area contributed by atoms with E-state index in [0.717, 1.165) is 5.56 Å². The molecule has 6 nitrogen and oxygen atoms in total. The molecule has 0 saturated carbocycles. The number of ether oxygens (including phenoxy) is 1. The maximum absolute atomic E-state index is 13.1. The van der Waals surface area contributed by atoms with Crippen LogP contribution in [0.2, 0.25) is 5.02 Å².